The maximum atomic E-state index is 13.4. The van der Waals surface area contributed by atoms with Gasteiger partial charge in [-0.1, -0.05) is 6.07 Å². The Labute approximate surface area is 145 Å². The average Bonchev–Trinajstić information content (AvgIpc) is 2.90. The number of rotatable bonds is 4. The molecular weight excluding hydrogens is 327 g/mol. The molecule has 2 fully saturated rings. The Morgan fingerprint density at radius 2 is 2.16 bits per heavy atom. The van der Waals surface area contributed by atoms with Crippen molar-refractivity contribution >= 4 is 23.5 Å². The first kappa shape index (κ1) is 17.5. The number of halogens is 1. The van der Waals surface area contributed by atoms with Crippen molar-refractivity contribution < 1.29 is 23.5 Å². The molecule has 2 saturated heterocycles. The zero-order valence-corrected chi connectivity index (χ0v) is 14.1. The minimum absolute atomic E-state index is 0.0465. The number of hydrogen-bond acceptors (Lipinski definition) is 5. The summed E-state index contributed by atoms with van der Waals surface area (Å²) < 4.78 is 18.5. The number of nitrogens with zero attached hydrogens (tertiary/aromatic N) is 2. The number of hydrogen-bond donors (Lipinski definition) is 0. The van der Waals surface area contributed by atoms with Crippen LogP contribution in [0.15, 0.2) is 24.3 Å². The smallest absolute Gasteiger partial charge is 0.310 e. The molecule has 0 spiro atoms. The normalized spacial score (nSPS) is 24.6. The number of benzene rings is 1. The minimum Gasteiger partial charge on any atom is -0.466 e. The van der Waals surface area contributed by atoms with Crippen molar-refractivity contribution in [1.82, 2.24) is 4.90 Å². The molecular formula is C18H21FN2O4. The summed E-state index contributed by atoms with van der Waals surface area (Å²) in [5, 5.41) is 0. The fraction of sp³-hybridized carbons (Fsp3) is 0.500. The quantitative estimate of drug-likeness (QED) is 0.612. The van der Waals surface area contributed by atoms with Crippen molar-refractivity contribution in [1.29, 1.82) is 0 Å². The second-order valence-electron chi connectivity index (χ2n) is 6.35. The van der Waals surface area contributed by atoms with Gasteiger partial charge in [0, 0.05) is 6.54 Å². The third kappa shape index (κ3) is 3.56. The maximum Gasteiger partial charge on any atom is 0.310 e. The van der Waals surface area contributed by atoms with Crippen LogP contribution >= 0.6 is 0 Å². The maximum absolute atomic E-state index is 13.4. The lowest BCUT2D eigenvalue weighted by atomic mass is 9.96. The number of esters is 1. The van der Waals surface area contributed by atoms with Gasteiger partial charge in [-0.05, 0) is 44.5 Å². The van der Waals surface area contributed by atoms with Gasteiger partial charge in [-0.25, -0.2) is 9.29 Å². The van der Waals surface area contributed by atoms with E-state index in [1.54, 1.807) is 13.0 Å². The average molecular weight is 348 g/mol. The number of imide groups is 1. The fourth-order valence-electron chi connectivity index (χ4n) is 3.53. The molecule has 0 saturated carbocycles. The molecule has 2 aliphatic heterocycles. The number of carbonyl (C=O) groups excluding carboxylic acids is 3. The SMILES string of the molecule is CCOC(=O)[C@H]1CCCN([C@@H]2CC(=O)N(c3cccc(F)c3)C2=O)C1. The molecule has 1 aromatic carbocycles. The van der Waals surface area contributed by atoms with Gasteiger partial charge in [0.05, 0.1) is 30.7 Å². The zero-order valence-electron chi connectivity index (χ0n) is 14.1. The zero-order chi connectivity index (χ0) is 18.0. The summed E-state index contributed by atoms with van der Waals surface area (Å²) in [6.45, 7) is 3.13. The summed E-state index contributed by atoms with van der Waals surface area (Å²) in [5.74, 6) is -1.74. The van der Waals surface area contributed by atoms with E-state index in [1.165, 1.54) is 18.2 Å². The molecule has 6 nitrogen and oxygen atoms in total. The van der Waals surface area contributed by atoms with Crippen LogP contribution in [0.1, 0.15) is 26.2 Å². The predicted molar refractivity (Wildman–Crippen MR) is 88.2 cm³/mol. The Balaban J connectivity index is 1.74. The van der Waals surface area contributed by atoms with E-state index in [4.69, 9.17) is 4.74 Å². The Morgan fingerprint density at radius 3 is 2.88 bits per heavy atom. The van der Waals surface area contributed by atoms with E-state index >= 15 is 0 Å². The van der Waals surface area contributed by atoms with E-state index in [0.717, 1.165) is 17.7 Å². The highest BCUT2D eigenvalue weighted by atomic mass is 19.1. The number of amides is 2. The number of likely N-dealkylation sites (tertiary alicyclic amines) is 1. The lowest BCUT2D eigenvalue weighted by Crippen LogP contribution is -2.48. The number of piperidine rings is 1. The summed E-state index contributed by atoms with van der Waals surface area (Å²) in [6.07, 6.45) is 1.53. The minimum atomic E-state index is -0.604. The molecule has 0 aromatic heterocycles. The number of carbonyl (C=O) groups is 3. The van der Waals surface area contributed by atoms with Crippen LogP contribution in [0.2, 0.25) is 0 Å². The summed E-state index contributed by atoms with van der Waals surface area (Å²) in [4.78, 5) is 40.0. The van der Waals surface area contributed by atoms with Gasteiger partial charge >= 0.3 is 5.97 Å². The lowest BCUT2D eigenvalue weighted by molar-refractivity contribution is -0.150. The summed E-state index contributed by atoms with van der Waals surface area (Å²) in [7, 11) is 0. The van der Waals surface area contributed by atoms with Gasteiger partial charge in [0.1, 0.15) is 5.82 Å². The van der Waals surface area contributed by atoms with E-state index in [0.29, 0.717) is 19.7 Å². The fourth-order valence-corrected chi connectivity index (χ4v) is 3.53. The van der Waals surface area contributed by atoms with Gasteiger partial charge in [0.25, 0.3) is 5.91 Å². The van der Waals surface area contributed by atoms with Crippen molar-refractivity contribution in [2.24, 2.45) is 5.92 Å². The van der Waals surface area contributed by atoms with Crippen molar-refractivity contribution in [2.75, 3.05) is 24.6 Å². The molecule has 0 unspecified atom stereocenters. The molecule has 3 rings (SSSR count). The van der Waals surface area contributed by atoms with Crippen LogP contribution in [-0.4, -0.2) is 48.4 Å². The van der Waals surface area contributed by atoms with Gasteiger partial charge in [0.2, 0.25) is 5.91 Å². The third-order valence-corrected chi connectivity index (χ3v) is 4.70. The molecule has 0 radical (unpaired) electrons. The number of ether oxygens (including phenoxy) is 1. The van der Waals surface area contributed by atoms with E-state index in [1.807, 2.05) is 4.90 Å². The molecule has 2 aliphatic rings. The predicted octanol–water partition coefficient (Wildman–Crippen LogP) is 1.73. The standard InChI is InChI=1S/C18H21FN2O4/c1-2-25-18(24)12-5-4-8-20(11-12)15-10-16(22)21(17(15)23)14-7-3-6-13(19)9-14/h3,6-7,9,12,15H,2,4-5,8,10-11H2,1H3/t12-,15+/m0/s1. The molecule has 0 bridgehead atoms. The van der Waals surface area contributed by atoms with Crippen LogP contribution in [-0.2, 0) is 19.1 Å². The molecule has 1 aromatic rings. The molecule has 7 heteroatoms. The van der Waals surface area contributed by atoms with Crippen LogP contribution in [0.5, 0.6) is 0 Å². The van der Waals surface area contributed by atoms with E-state index in [-0.39, 0.29) is 35.8 Å². The molecule has 0 N–H and O–H groups in total. The first-order valence-corrected chi connectivity index (χ1v) is 8.54. The van der Waals surface area contributed by atoms with Gasteiger partial charge in [0.15, 0.2) is 0 Å². The Kier molecular flexibility index (Phi) is 5.13. The van der Waals surface area contributed by atoms with Crippen molar-refractivity contribution in [3.8, 4) is 0 Å². The number of anilines is 1. The van der Waals surface area contributed by atoms with Gasteiger partial charge in [-0.3, -0.25) is 19.3 Å². The molecule has 2 heterocycles. The highest BCUT2D eigenvalue weighted by Gasteiger charge is 2.44. The topological polar surface area (TPSA) is 66.9 Å². The first-order chi connectivity index (χ1) is 12.0. The molecule has 134 valence electrons. The summed E-state index contributed by atoms with van der Waals surface area (Å²) in [6, 6.07) is 4.85. The largest absolute Gasteiger partial charge is 0.466 e. The Bertz CT molecular complexity index is 693. The van der Waals surface area contributed by atoms with Gasteiger partial charge in [-0.2, -0.15) is 0 Å². The molecule has 25 heavy (non-hydrogen) atoms. The second-order valence-corrected chi connectivity index (χ2v) is 6.35. The lowest BCUT2D eigenvalue weighted by Gasteiger charge is -2.34. The Morgan fingerprint density at radius 1 is 1.36 bits per heavy atom. The van der Waals surface area contributed by atoms with Crippen LogP contribution < -0.4 is 4.90 Å². The van der Waals surface area contributed by atoms with E-state index < -0.39 is 11.9 Å². The monoisotopic (exact) mass is 348 g/mol. The van der Waals surface area contributed by atoms with Crippen molar-refractivity contribution in [2.45, 2.75) is 32.2 Å². The van der Waals surface area contributed by atoms with Crippen molar-refractivity contribution in [3.05, 3.63) is 30.1 Å². The van der Waals surface area contributed by atoms with Crippen LogP contribution in [0, 0.1) is 11.7 Å². The van der Waals surface area contributed by atoms with Gasteiger partial charge < -0.3 is 4.74 Å². The molecule has 0 aliphatic carbocycles. The summed E-state index contributed by atoms with van der Waals surface area (Å²) in [5.41, 5.74) is 0.247. The van der Waals surface area contributed by atoms with Gasteiger partial charge in [-0.15, -0.1) is 0 Å². The van der Waals surface area contributed by atoms with Crippen LogP contribution in [0.4, 0.5) is 10.1 Å². The van der Waals surface area contributed by atoms with E-state index in [9.17, 15) is 18.8 Å². The summed E-state index contributed by atoms with van der Waals surface area (Å²) >= 11 is 0. The third-order valence-electron chi connectivity index (χ3n) is 4.70. The van der Waals surface area contributed by atoms with Crippen molar-refractivity contribution in [3.63, 3.8) is 0 Å². The highest BCUT2D eigenvalue weighted by Crippen LogP contribution is 2.29. The van der Waals surface area contributed by atoms with E-state index in [2.05, 4.69) is 0 Å². The molecule has 2 amide bonds. The van der Waals surface area contributed by atoms with Crippen LogP contribution in [0.25, 0.3) is 0 Å². The highest BCUT2D eigenvalue weighted by molar-refractivity contribution is 6.22. The Hall–Kier alpha value is -2.28. The second kappa shape index (κ2) is 7.31. The van der Waals surface area contributed by atoms with Crippen LogP contribution in [0.3, 0.4) is 0 Å². The molecule has 2 atom stereocenters. The first-order valence-electron chi connectivity index (χ1n) is 8.54.